The first-order valence-corrected chi connectivity index (χ1v) is 11.3. The number of halogens is 9. The summed E-state index contributed by atoms with van der Waals surface area (Å²) in [5.41, 5.74) is 1.27. The fourth-order valence-electron chi connectivity index (χ4n) is 2.21. The minimum Gasteiger partial charge on any atom is -0.369 e. The molecule has 2 rings (SSSR count). The molecule has 0 aliphatic heterocycles. The van der Waals surface area contributed by atoms with Gasteiger partial charge in [0.25, 0.3) is 0 Å². The maximum atomic E-state index is 6.45. The lowest BCUT2D eigenvalue weighted by Gasteiger charge is -2.23. The number of aromatic nitrogens is 3. The maximum Gasteiger partial charge on any atom is 0.250 e. The summed E-state index contributed by atoms with van der Waals surface area (Å²) in [5, 5.41) is 0.336. The average Bonchev–Trinajstić information content (AvgIpc) is 2.59. The summed E-state index contributed by atoms with van der Waals surface area (Å²) >= 11 is 53.6. The molecule has 28 heavy (non-hydrogen) atoms. The van der Waals surface area contributed by atoms with Crippen molar-refractivity contribution in [1.29, 1.82) is 0 Å². The van der Waals surface area contributed by atoms with Crippen molar-refractivity contribution >= 4 is 110 Å². The molecule has 2 aromatic rings. The van der Waals surface area contributed by atoms with E-state index < -0.39 is 7.59 Å². The molecule has 0 radical (unpaired) electrons. The van der Waals surface area contributed by atoms with E-state index >= 15 is 0 Å². The van der Waals surface area contributed by atoms with E-state index in [9.17, 15) is 0 Å². The quantitative estimate of drug-likeness (QED) is 0.349. The summed E-state index contributed by atoms with van der Waals surface area (Å²) in [5.74, 6) is 0.562. The van der Waals surface area contributed by atoms with Gasteiger partial charge in [-0.1, -0.05) is 81.2 Å². The van der Waals surface area contributed by atoms with Crippen molar-refractivity contribution in [3.8, 4) is 11.4 Å². The number of anilines is 1. The molecule has 0 unspecified atom stereocenters. The molecule has 4 nitrogen and oxygen atoms in total. The van der Waals surface area contributed by atoms with Gasteiger partial charge in [-0.05, 0) is 18.2 Å². The first-order chi connectivity index (χ1) is 13.0. The first kappa shape index (κ1) is 24.9. The Morgan fingerprint density at radius 1 is 0.786 bits per heavy atom. The zero-order chi connectivity index (χ0) is 21.1. The number of rotatable bonds is 6. The van der Waals surface area contributed by atoms with Gasteiger partial charge in [-0.3, -0.25) is 0 Å². The van der Waals surface area contributed by atoms with Crippen molar-refractivity contribution in [2.45, 2.75) is 7.59 Å². The molecule has 0 aliphatic carbocycles. The van der Waals surface area contributed by atoms with Gasteiger partial charge >= 0.3 is 0 Å². The van der Waals surface area contributed by atoms with Gasteiger partial charge in [0.15, 0.2) is 17.5 Å². The van der Waals surface area contributed by atoms with Crippen LogP contribution >= 0.6 is 104 Å². The molecular weight excluding hydrogens is 555 g/mol. The highest BCUT2D eigenvalue weighted by Gasteiger charge is 2.34. The van der Waals surface area contributed by atoms with Gasteiger partial charge in [0.1, 0.15) is 0 Å². The summed E-state index contributed by atoms with van der Waals surface area (Å²) in [6.45, 7) is 1.20. The summed E-state index contributed by atoms with van der Waals surface area (Å²) in [4.78, 5) is 14.2. The topological polar surface area (TPSA) is 41.9 Å². The molecule has 1 aromatic carbocycles. The lowest BCUT2D eigenvalue weighted by molar-refractivity contribution is 0.851. The number of nitrogens with zero attached hydrogens (tertiary/aromatic N) is 4. The van der Waals surface area contributed by atoms with Crippen molar-refractivity contribution in [2.75, 3.05) is 29.7 Å². The Morgan fingerprint density at radius 3 is 1.68 bits per heavy atom. The van der Waals surface area contributed by atoms with E-state index in [2.05, 4.69) is 15.0 Å². The first-order valence-electron chi connectivity index (χ1n) is 7.54. The Morgan fingerprint density at radius 2 is 1.29 bits per heavy atom. The predicted octanol–water partition coefficient (Wildman–Crippen LogP) is 7.13. The van der Waals surface area contributed by atoms with Crippen LogP contribution < -0.4 is 4.90 Å². The van der Waals surface area contributed by atoms with Crippen LogP contribution in [0.4, 0.5) is 5.69 Å². The monoisotopic (exact) mass is 562 g/mol. The minimum absolute atomic E-state index is 0.0930. The van der Waals surface area contributed by atoms with E-state index in [0.29, 0.717) is 35.4 Å². The van der Waals surface area contributed by atoms with Crippen LogP contribution in [0.1, 0.15) is 11.6 Å². The van der Waals surface area contributed by atoms with Gasteiger partial charge in [-0.2, -0.15) is 0 Å². The highest BCUT2D eigenvalue weighted by atomic mass is 35.6. The summed E-state index contributed by atoms with van der Waals surface area (Å²) in [6, 6.07) is 5.24. The SMILES string of the molecule is ClCCN(CCCl)c1ccc(-c2nc(C(Cl)(Cl)Cl)nc(C(Cl)(Cl)Cl)n2)c(Cl)c1. The Labute approximate surface area is 207 Å². The van der Waals surface area contributed by atoms with Crippen LogP contribution in [-0.4, -0.2) is 39.8 Å². The van der Waals surface area contributed by atoms with Crippen LogP contribution in [0.5, 0.6) is 0 Å². The third kappa shape index (κ3) is 6.57. The molecule has 1 aromatic heterocycles. The summed E-state index contributed by atoms with van der Waals surface area (Å²) < 4.78 is -3.90. The Kier molecular flexibility index (Phi) is 9.16. The van der Waals surface area contributed by atoms with Gasteiger partial charge < -0.3 is 4.90 Å². The van der Waals surface area contributed by atoms with Gasteiger partial charge in [-0.25, -0.2) is 15.0 Å². The second-order valence-electron chi connectivity index (χ2n) is 5.33. The number of benzene rings is 1. The van der Waals surface area contributed by atoms with Gasteiger partial charge in [-0.15, -0.1) is 23.2 Å². The smallest absolute Gasteiger partial charge is 0.250 e. The van der Waals surface area contributed by atoms with Crippen molar-refractivity contribution in [1.82, 2.24) is 15.0 Å². The molecule has 0 aliphatic rings. The van der Waals surface area contributed by atoms with E-state index in [0.717, 1.165) is 5.69 Å². The highest BCUT2D eigenvalue weighted by molar-refractivity contribution is 6.67. The van der Waals surface area contributed by atoms with E-state index in [1.54, 1.807) is 12.1 Å². The molecule has 0 saturated carbocycles. The largest absolute Gasteiger partial charge is 0.369 e. The lowest BCUT2D eigenvalue weighted by atomic mass is 10.1. The number of hydrogen-bond acceptors (Lipinski definition) is 4. The molecule has 0 atom stereocenters. The van der Waals surface area contributed by atoms with Crippen molar-refractivity contribution < 1.29 is 0 Å². The average molecular weight is 566 g/mol. The molecule has 154 valence electrons. The third-order valence-electron chi connectivity index (χ3n) is 3.41. The van der Waals surface area contributed by atoms with Gasteiger partial charge in [0, 0.05) is 36.1 Å². The molecule has 0 bridgehead atoms. The molecule has 1 heterocycles. The fraction of sp³-hybridized carbons (Fsp3) is 0.400. The highest BCUT2D eigenvalue weighted by Crippen LogP contribution is 2.41. The van der Waals surface area contributed by atoms with Crippen LogP contribution in [-0.2, 0) is 7.59 Å². The van der Waals surface area contributed by atoms with E-state index in [1.807, 2.05) is 11.0 Å². The van der Waals surface area contributed by atoms with Crippen molar-refractivity contribution in [3.05, 3.63) is 34.9 Å². The number of hydrogen-bond donors (Lipinski definition) is 0. The number of alkyl halides is 8. The van der Waals surface area contributed by atoms with E-state index in [-0.39, 0.29) is 17.5 Å². The molecule has 13 heteroatoms. The van der Waals surface area contributed by atoms with Gasteiger partial charge in [0.2, 0.25) is 7.59 Å². The molecule has 0 amide bonds. The molecular formula is C15H11Cl9N4. The Bertz CT molecular complexity index is 782. The fourth-order valence-corrected chi connectivity index (χ4v) is 3.38. The Hall–Kier alpha value is 0.640. The third-order valence-corrected chi connectivity index (χ3v) is 5.08. The molecule has 0 spiro atoms. The zero-order valence-corrected chi connectivity index (χ0v) is 20.6. The second kappa shape index (κ2) is 10.3. The van der Waals surface area contributed by atoms with Gasteiger partial charge in [0.05, 0.1) is 5.02 Å². The second-order valence-corrected chi connectivity index (χ2v) is 11.1. The molecule has 0 saturated heterocycles. The molecule has 0 N–H and O–H groups in total. The lowest BCUT2D eigenvalue weighted by Crippen LogP contribution is -2.27. The van der Waals surface area contributed by atoms with E-state index in [1.165, 1.54) is 0 Å². The van der Waals surface area contributed by atoms with Crippen LogP contribution in [0.15, 0.2) is 18.2 Å². The van der Waals surface area contributed by atoms with Crippen molar-refractivity contribution in [2.24, 2.45) is 0 Å². The molecule has 0 fully saturated rings. The summed E-state index contributed by atoms with van der Waals surface area (Å²) in [7, 11) is 0. The van der Waals surface area contributed by atoms with Crippen LogP contribution in [0, 0.1) is 0 Å². The van der Waals surface area contributed by atoms with Crippen LogP contribution in [0.25, 0.3) is 11.4 Å². The van der Waals surface area contributed by atoms with Crippen LogP contribution in [0.2, 0.25) is 5.02 Å². The predicted molar refractivity (Wildman–Crippen MR) is 122 cm³/mol. The normalized spacial score (nSPS) is 12.3. The van der Waals surface area contributed by atoms with Crippen LogP contribution in [0.3, 0.4) is 0 Å². The standard InChI is InChI=1S/C15H11Cl9N4/c16-3-5-28(6-4-17)8-1-2-9(10(18)7-8)11-25-12(14(19,20)21)27-13(26-11)15(22,23)24/h1-2,7H,3-6H2. The summed E-state index contributed by atoms with van der Waals surface area (Å²) in [6.07, 6.45) is 0. The Balaban J connectivity index is 2.55. The zero-order valence-electron chi connectivity index (χ0n) is 13.8. The maximum absolute atomic E-state index is 6.45. The van der Waals surface area contributed by atoms with Crippen molar-refractivity contribution in [3.63, 3.8) is 0 Å². The van der Waals surface area contributed by atoms with E-state index in [4.69, 9.17) is 104 Å². The minimum atomic E-state index is -1.95.